The number of ether oxygens (including phenoxy) is 1. The number of hydrogen-bond acceptors (Lipinski definition) is 8. The lowest BCUT2D eigenvalue weighted by atomic mass is 10.0. The second kappa shape index (κ2) is 20.0. The summed E-state index contributed by atoms with van der Waals surface area (Å²) in [6.07, 6.45) is 0.0968. The van der Waals surface area contributed by atoms with E-state index in [4.69, 9.17) is 10.5 Å². The van der Waals surface area contributed by atoms with Crippen LogP contribution in [0.25, 0.3) is 0 Å². The Morgan fingerprint density at radius 2 is 1.51 bits per heavy atom. The monoisotopic (exact) mass is 633 g/mol. The SMILES string of the molecule is CC(C)C(=O)CCC(=O)N[C@H](C(=O)N[C@@H](CCCNC(N)=O)C(=O)Nc1ccc(COC(=O)N(C)CCN(C)C)cc1)C(C)C. The number of carbonyl (C=O) groups is 6. The van der Waals surface area contributed by atoms with E-state index in [2.05, 4.69) is 21.3 Å². The highest BCUT2D eigenvalue weighted by molar-refractivity contribution is 5.98. The van der Waals surface area contributed by atoms with Crippen LogP contribution in [0.15, 0.2) is 24.3 Å². The maximum Gasteiger partial charge on any atom is 0.409 e. The number of nitrogens with one attached hydrogen (secondary N) is 4. The van der Waals surface area contributed by atoms with Gasteiger partial charge < -0.3 is 41.5 Å². The summed E-state index contributed by atoms with van der Waals surface area (Å²) in [6.45, 7) is 8.52. The van der Waals surface area contributed by atoms with Crippen molar-refractivity contribution in [3.8, 4) is 0 Å². The van der Waals surface area contributed by atoms with E-state index in [1.807, 2.05) is 19.0 Å². The zero-order chi connectivity index (χ0) is 34.1. The summed E-state index contributed by atoms with van der Waals surface area (Å²) in [5, 5.41) is 10.6. The van der Waals surface area contributed by atoms with Gasteiger partial charge >= 0.3 is 12.1 Å². The second-order valence-corrected chi connectivity index (χ2v) is 11.9. The number of nitrogens with two attached hydrogens (primary N) is 1. The van der Waals surface area contributed by atoms with Crippen molar-refractivity contribution in [3.05, 3.63) is 29.8 Å². The van der Waals surface area contributed by atoms with Gasteiger partial charge in [0.25, 0.3) is 0 Å². The largest absolute Gasteiger partial charge is 0.445 e. The smallest absolute Gasteiger partial charge is 0.409 e. The molecule has 6 amide bonds. The summed E-state index contributed by atoms with van der Waals surface area (Å²) < 4.78 is 5.35. The molecular formula is C31H51N7O7. The predicted molar refractivity (Wildman–Crippen MR) is 171 cm³/mol. The molecule has 0 aliphatic carbocycles. The number of urea groups is 1. The van der Waals surface area contributed by atoms with Crippen molar-refractivity contribution < 1.29 is 33.5 Å². The Balaban J connectivity index is 2.87. The minimum Gasteiger partial charge on any atom is -0.445 e. The number of benzene rings is 1. The van der Waals surface area contributed by atoms with Gasteiger partial charge in [-0.15, -0.1) is 0 Å². The van der Waals surface area contributed by atoms with Crippen LogP contribution in [0.3, 0.4) is 0 Å². The molecule has 2 atom stereocenters. The summed E-state index contributed by atoms with van der Waals surface area (Å²) in [4.78, 5) is 77.7. The highest BCUT2D eigenvalue weighted by Gasteiger charge is 2.29. The van der Waals surface area contributed by atoms with Crippen molar-refractivity contribution in [2.75, 3.05) is 46.1 Å². The number of hydrogen-bond donors (Lipinski definition) is 5. The molecule has 252 valence electrons. The van der Waals surface area contributed by atoms with Crippen molar-refractivity contribution in [1.29, 1.82) is 0 Å². The lowest BCUT2D eigenvalue weighted by Gasteiger charge is -2.25. The van der Waals surface area contributed by atoms with Crippen LogP contribution in [-0.2, 0) is 30.5 Å². The molecule has 0 saturated heterocycles. The Morgan fingerprint density at radius 3 is 2.07 bits per heavy atom. The van der Waals surface area contributed by atoms with E-state index in [0.29, 0.717) is 25.2 Å². The van der Waals surface area contributed by atoms with Gasteiger partial charge in [-0.2, -0.15) is 0 Å². The normalized spacial score (nSPS) is 12.3. The Hall–Kier alpha value is -4.20. The molecule has 1 aromatic rings. The molecule has 0 aliphatic rings. The topological polar surface area (TPSA) is 192 Å². The van der Waals surface area contributed by atoms with Gasteiger partial charge in [-0.1, -0.05) is 39.8 Å². The van der Waals surface area contributed by atoms with E-state index in [-0.39, 0.29) is 50.0 Å². The molecule has 0 unspecified atom stereocenters. The molecule has 6 N–H and O–H groups in total. The molecular weight excluding hydrogens is 582 g/mol. The van der Waals surface area contributed by atoms with Crippen LogP contribution in [0.2, 0.25) is 0 Å². The van der Waals surface area contributed by atoms with Gasteiger partial charge in [0, 0.05) is 51.1 Å². The fourth-order valence-corrected chi connectivity index (χ4v) is 3.96. The molecule has 0 radical (unpaired) electrons. The molecule has 0 aliphatic heterocycles. The van der Waals surface area contributed by atoms with Crippen molar-refractivity contribution >= 4 is 41.3 Å². The number of likely N-dealkylation sites (N-methyl/N-ethyl adjacent to an activating group) is 2. The highest BCUT2D eigenvalue weighted by Crippen LogP contribution is 2.13. The molecule has 1 rings (SSSR count). The van der Waals surface area contributed by atoms with E-state index in [0.717, 1.165) is 5.56 Å². The number of carbonyl (C=O) groups excluding carboxylic acids is 6. The van der Waals surface area contributed by atoms with Crippen LogP contribution < -0.4 is 27.0 Å². The summed E-state index contributed by atoms with van der Waals surface area (Å²) >= 11 is 0. The molecule has 0 aromatic heterocycles. The lowest BCUT2D eigenvalue weighted by Crippen LogP contribution is -2.54. The first-order chi connectivity index (χ1) is 21.1. The number of ketones is 1. The van der Waals surface area contributed by atoms with Gasteiger partial charge in [-0.25, -0.2) is 9.59 Å². The van der Waals surface area contributed by atoms with E-state index in [9.17, 15) is 28.8 Å². The third-order valence-corrected chi connectivity index (χ3v) is 6.89. The summed E-state index contributed by atoms with van der Waals surface area (Å²) in [7, 11) is 5.50. The van der Waals surface area contributed by atoms with Gasteiger partial charge in [-0.3, -0.25) is 19.2 Å². The molecule has 0 saturated carbocycles. The molecule has 0 bridgehead atoms. The van der Waals surface area contributed by atoms with Crippen molar-refractivity contribution in [2.45, 2.75) is 72.1 Å². The third kappa shape index (κ3) is 15.9. The predicted octanol–water partition coefficient (Wildman–Crippen LogP) is 1.83. The first-order valence-electron chi connectivity index (χ1n) is 15.2. The van der Waals surface area contributed by atoms with Crippen molar-refractivity contribution in [2.24, 2.45) is 17.6 Å². The fourth-order valence-electron chi connectivity index (χ4n) is 3.96. The molecule has 1 aromatic carbocycles. The van der Waals surface area contributed by atoms with Gasteiger partial charge in [-0.05, 0) is 50.6 Å². The Morgan fingerprint density at radius 1 is 0.867 bits per heavy atom. The van der Waals surface area contributed by atoms with E-state index >= 15 is 0 Å². The zero-order valence-electron chi connectivity index (χ0n) is 27.6. The first kappa shape index (κ1) is 38.8. The van der Waals surface area contributed by atoms with Crippen LogP contribution in [0.5, 0.6) is 0 Å². The Bertz CT molecular complexity index is 1140. The van der Waals surface area contributed by atoms with Gasteiger partial charge in [0.2, 0.25) is 17.7 Å². The fraction of sp³-hybridized carbons (Fsp3) is 0.613. The van der Waals surface area contributed by atoms with E-state index in [1.54, 1.807) is 59.0 Å². The molecule has 0 heterocycles. The molecule has 14 nitrogen and oxygen atoms in total. The van der Waals surface area contributed by atoms with Crippen molar-refractivity contribution in [3.63, 3.8) is 0 Å². The minimum atomic E-state index is -0.994. The highest BCUT2D eigenvalue weighted by atomic mass is 16.6. The second-order valence-electron chi connectivity index (χ2n) is 11.9. The number of nitrogens with zero attached hydrogens (tertiary/aromatic N) is 2. The zero-order valence-corrected chi connectivity index (χ0v) is 27.6. The average molecular weight is 634 g/mol. The number of amides is 6. The van der Waals surface area contributed by atoms with Gasteiger partial charge in [0.1, 0.15) is 24.5 Å². The quantitative estimate of drug-likeness (QED) is 0.142. The van der Waals surface area contributed by atoms with Crippen LogP contribution >= 0.6 is 0 Å². The first-order valence-corrected chi connectivity index (χ1v) is 15.2. The maximum atomic E-state index is 13.3. The minimum absolute atomic E-state index is 0.0431. The third-order valence-electron chi connectivity index (χ3n) is 6.89. The van der Waals surface area contributed by atoms with E-state index in [1.165, 1.54) is 4.90 Å². The average Bonchev–Trinajstić information content (AvgIpc) is 2.97. The number of rotatable bonds is 19. The van der Waals surface area contributed by atoms with Crippen LogP contribution in [0, 0.1) is 11.8 Å². The molecule has 0 fully saturated rings. The Labute approximate surface area is 266 Å². The maximum absolute atomic E-state index is 13.3. The van der Waals surface area contributed by atoms with Crippen LogP contribution in [0.1, 0.15) is 58.9 Å². The molecule has 45 heavy (non-hydrogen) atoms. The standard InChI is InChI=1S/C31H51N7O7/c1-20(2)25(39)14-15-26(40)36-27(21(3)4)29(42)35-24(9-8-16-33-30(32)43)28(41)34-23-12-10-22(11-13-23)19-45-31(44)38(7)18-17-37(5)6/h10-13,20-21,24,27H,8-9,14-19H2,1-7H3,(H,34,41)(H,35,42)(H,36,40)(H3,32,33,43)/t24-,27-/m0/s1. The van der Waals surface area contributed by atoms with Crippen molar-refractivity contribution in [1.82, 2.24) is 25.8 Å². The number of primary amides is 1. The lowest BCUT2D eigenvalue weighted by molar-refractivity contribution is -0.132. The van der Waals surface area contributed by atoms with Crippen LogP contribution in [-0.4, -0.2) is 98.3 Å². The molecule has 0 spiro atoms. The summed E-state index contributed by atoms with van der Waals surface area (Å²) in [5.41, 5.74) is 6.30. The number of Topliss-reactive ketones (excluding diaryl/α,β-unsaturated/α-hetero) is 1. The van der Waals surface area contributed by atoms with Gasteiger partial charge in [0.05, 0.1) is 0 Å². The Kier molecular flexibility index (Phi) is 17.2. The van der Waals surface area contributed by atoms with Crippen LogP contribution in [0.4, 0.5) is 15.3 Å². The number of anilines is 1. The van der Waals surface area contributed by atoms with E-state index < -0.39 is 41.9 Å². The summed E-state index contributed by atoms with van der Waals surface area (Å²) in [6, 6.07) is 4.09. The molecule has 14 heteroatoms. The summed E-state index contributed by atoms with van der Waals surface area (Å²) in [5.74, 6) is -2.02. The van der Waals surface area contributed by atoms with Gasteiger partial charge in [0.15, 0.2) is 0 Å².